The number of phenols is 1. The molecule has 1 atom stereocenters. The molecule has 2 rings (SSSR count). The molecule has 1 fully saturated rings. The maximum absolute atomic E-state index is 12.2. The highest BCUT2D eigenvalue weighted by Crippen LogP contribution is 2.25. The first-order chi connectivity index (χ1) is 8.61. The minimum Gasteiger partial charge on any atom is -0.507 e. The number of alkyl halides is 1. The number of phenolic OH excluding ortho intramolecular Hbond substituents is 1. The summed E-state index contributed by atoms with van der Waals surface area (Å²) in [5.41, 5.74) is 0.464. The Kier molecular flexibility index (Phi) is 4.48. The maximum Gasteiger partial charge on any atom is 0.254 e. The van der Waals surface area contributed by atoms with Crippen LogP contribution in [-0.4, -0.2) is 47.6 Å². The molecule has 1 N–H and O–H groups in total. The lowest BCUT2D eigenvalue weighted by Crippen LogP contribution is -2.46. The van der Waals surface area contributed by atoms with Gasteiger partial charge in [0.1, 0.15) is 5.75 Å². The number of halogens is 2. The fourth-order valence-corrected chi connectivity index (χ4v) is 2.26. The molecule has 0 aromatic heterocycles. The van der Waals surface area contributed by atoms with E-state index >= 15 is 0 Å². The number of aromatic hydroxyl groups is 1. The molecule has 98 valence electrons. The molecule has 1 aliphatic heterocycles. The van der Waals surface area contributed by atoms with Crippen molar-refractivity contribution in [3.8, 4) is 5.75 Å². The van der Waals surface area contributed by atoms with E-state index in [-0.39, 0.29) is 17.8 Å². The van der Waals surface area contributed by atoms with Crippen molar-refractivity contribution in [2.75, 3.05) is 25.6 Å². The quantitative estimate of drug-likeness (QED) is 0.844. The number of morpholine rings is 1. The third kappa shape index (κ3) is 2.96. The van der Waals surface area contributed by atoms with Gasteiger partial charge in [-0.15, -0.1) is 11.6 Å². The van der Waals surface area contributed by atoms with Gasteiger partial charge >= 0.3 is 0 Å². The molecule has 4 nitrogen and oxygen atoms in total. The smallest absolute Gasteiger partial charge is 0.254 e. The third-order valence-corrected chi connectivity index (χ3v) is 3.81. The monoisotopic (exact) mass is 333 g/mol. The second-order valence-electron chi connectivity index (χ2n) is 4.06. The Morgan fingerprint density at radius 2 is 2.39 bits per heavy atom. The lowest BCUT2D eigenvalue weighted by atomic mass is 10.1. The van der Waals surface area contributed by atoms with Gasteiger partial charge in [-0.05, 0) is 34.1 Å². The molecule has 1 unspecified atom stereocenters. The maximum atomic E-state index is 12.2. The largest absolute Gasteiger partial charge is 0.507 e. The number of rotatable bonds is 2. The van der Waals surface area contributed by atoms with Gasteiger partial charge in [-0.3, -0.25) is 4.79 Å². The Morgan fingerprint density at radius 1 is 1.61 bits per heavy atom. The molecule has 0 bridgehead atoms. The summed E-state index contributed by atoms with van der Waals surface area (Å²) >= 11 is 8.92. The molecule has 1 heterocycles. The molecule has 1 aromatic carbocycles. The predicted molar refractivity (Wildman–Crippen MR) is 72.2 cm³/mol. The summed E-state index contributed by atoms with van der Waals surface area (Å²) in [6.45, 7) is 1.52. The zero-order valence-electron chi connectivity index (χ0n) is 9.60. The number of benzene rings is 1. The van der Waals surface area contributed by atoms with E-state index in [1.807, 2.05) is 0 Å². The molecule has 1 aromatic rings. The standard InChI is InChI=1S/C12H13BrClNO3/c13-10-2-1-8(5-11(10)16)12(17)15-3-4-18-9(6-14)7-15/h1-2,5,9,16H,3-4,6-7H2. The average molecular weight is 335 g/mol. The summed E-state index contributed by atoms with van der Waals surface area (Å²) in [6, 6.07) is 4.79. The fourth-order valence-electron chi connectivity index (χ4n) is 1.83. The van der Waals surface area contributed by atoms with E-state index in [0.717, 1.165) is 0 Å². The van der Waals surface area contributed by atoms with E-state index in [4.69, 9.17) is 16.3 Å². The fraction of sp³-hybridized carbons (Fsp3) is 0.417. The number of amides is 1. The van der Waals surface area contributed by atoms with Crippen LogP contribution in [0.15, 0.2) is 22.7 Å². The highest BCUT2D eigenvalue weighted by molar-refractivity contribution is 9.10. The van der Waals surface area contributed by atoms with Crippen LogP contribution in [0.25, 0.3) is 0 Å². The highest BCUT2D eigenvalue weighted by Gasteiger charge is 2.24. The van der Waals surface area contributed by atoms with Gasteiger partial charge in [0.2, 0.25) is 0 Å². The Hall–Kier alpha value is -0.780. The first kappa shape index (κ1) is 13.6. The van der Waals surface area contributed by atoms with Crippen LogP contribution in [0.4, 0.5) is 0 Å². The van der Waals surface area contributed by atoms with Gasteiger partial charge < -0.3 is 14.7 Å². The van der Waals surface area contributed by atoms with Crippen molar-refractivity contribution in [1.29, 1.82) is 0 Å². The minimum absolute atomic E-state index is 0.0583. The molecule has 1 saturated heterocycles. The Bertz CT molecular complexity index is 455. The van der Waals surface area contributed by atoms with Crippen molar-refractivity contribution >= 4 is 33.4 Å². The van der Waals surface area contributed by atoms with Gasteiger partial charge in [-0.1, -0.05) is 0 Å². The summed E-state index contributed by atoms with van der Waals surface area (Å²) in [4.78, 5) is 13.9. The Labute approximate surface area is 119 Å². The van der Waals surface area contributed by atoms with E-state index < -0.39 is 0 Å². The van der Waals surface area contributed by atoms with Crippen LogP contribution in [0.3, 0.4) is 0 Å². The van der Waals surface area contributed by atoms with Crippen LogP contribution in [0.2, 0.25) is 0 Å². The van der Waals surface area contributed by atoms with Crippen molar-refractivity contribution in [3.05, 3.63) is 28.2 Å². The molecule has 0 saturated carbocycles. The molecule has 0 aliphatic carbocycles. The SMILES string of the molecule is O=C(c1ccc(Br)c(O)c1)N1CCOC(CCl)C1. The first-order valence-corrected chi connectivity index (χ1v) is 6.90. The number of ether oxygens (including phenoxy) is 1. The van der Waals surface area contributed by atoms with Crippen molar-refractivity contribution in [2.45, 2.75) is 6.10 Å². The van der Waals surface area contributed by atoms with Crippen molar-refractivity contribution in [3.63, 3.8) is 0 Å². The van der Waals surface area contributed by atoms with Crippen LogP contribution >= 0.6 is 27.5 Å². The summed E-state index contributed by atoms with van der Waals surface area (Å²) < 4.78 is 5.97. The van der Waals surface area contributed by atoms with Gasteiger partial charge in [0.05, 0.1) is 23.1 Å². The van der Waals surface area contributed by atoms with Crippen LogP contribution in [0.5, 0.6) is 5.75 Å². The molecule has 1 aliphatic rings. The van der Waals surface area contributed by atoms with Crippen molar-refractivity contribution in [1.82, 2.24) is 4.90 Å². The topological polar surface area (TPSA) is 49.8 Å². The highest BCUT2D eigenvalue weighted by atomic mass is 79.9. The Balaban J connectivity index is 2.12. The number of carbonyl (C=O) groups excluding carboxylic acids is 1. The van der Waals surface area contributed by atoms with Crippen LogP contribution in [-0.2, 0) is 4.74 Å². The summed E-state index contributed by atoms with van der Waals surface area (Å²) in [5, 5.41) is 9.58. The van der Waals surface area contributed by atoms with Gasteiger partial charge in [0.25, 0.3) is 5.91 Å². The number of hydrogen-bond donors (Lipinski definition) is 1. The van der Waals surface area contributed by atoms with E-state index in [2.05, 4.69) is 15.9 Å². The zero-order chi connectivity index (χ0) is 13.1. The van der Waals surface area contributed by atoms with E-state index in [0.29, 0.717) is 35.6 Å². The number of hydrogen-bond acceptors (Lipinski definition) is 3. The molecule has 1 amide bonds. The molecular formula is C12H13BrClNO3. The molecular weight excluding hydrogens is 321 g/mol. The lowest BCUT2D eigenvalue weighted by molar-refractivity contribution is -0.0108. The van der Waals surface area contributed by atoms with Gasteiger partial charge in [-0.2, -0.15) is 0 Å². The van der Waals surface area contributed by atoms with Crippen molar-refractivity contribution < 1.29 is 14.6 Å². The van der Waals surface area contributed by atoms with E-state index in [9.17, 15) is 9.90 Å². The molecule has 18 heavy (non-hydrogen) atoms. The summed E-state index contributed by atoms with van der Waals surface area (Å²) in [6.07, 6.45) is -0.117. The second-order valence-corrected chi connectivity index (χ2v) is 5.23. The van der Waals surface area contributed by atoms with Gasteiger partial charge in [0, 0.05) is 18.7 Å². The molecule has 6 heteroatoms. The molecule has 0 radical (unpaired) electrons. The third-order valence-electron chi connectivity index (χ3n) is 2.79. The first-order valence-electron chi connectivity index (χ1n) is 5.57. The van der Waals surface area contributed by atoms with E-state index in [1.165, 1.54) is 6.07 Å². The van der Waals surface area contributed by atoms with Crippen LogP contribution in [0, 0.1) is 0 Å². The van der Waals surface area contributed by atoms with E-state index in [1.54, 1.807) is 17.0 Å². The molecule has 0 spiro atoms. The summed E-state index contributed by atoms with van der Waals surface area (Å²) in [7, 11) is 0. The van der Waals surface area contributed by atoms with Crippen LogP contribution in [0.1, 0.15) is 10.4 Å². The number of carbonyl (C=O) groups is 1. The summed E-state index contributed by atoms with van der Waals surface area (Å²) in [5.74, 6) is 0.314. The average Bonchev–Trinajstić information content (AvgIpc) is 2.41. The minimum atomic E-state index is -0.117. The normalized spacial score (nSPS) is 19.9. The van der Waals surface area contributed by atoms with Crippen molar-refractivity contribution in [2.24, 2.45) is 0 Å². The lowest BCUT2D eigenvalue weighted by Gasteiger charge is -2.32. The Morgan fingerprint density at radius 3 is 3.06 bits per heavy atom. The van der Waals surface area contributed by atoms with Crippen LogP contribution < -0.4 is 0 Å². The van der Waals surface area contributed by atoms with Gasteiger partial charge in [0.15, 0.2) is 0 Å². The zero-order valence-corrected chi connectivity index (χ0v) is 11.9. The number of nitrogens with zero attached hydrogens (tertiary/aromatic N) is 1. The van der Waals surface area contributed by atoms with Gasteiger partial charge in [-0.25, -0.2) is 0 Å². The second kappa shape index (κ2) is 5.91. The predicted octanol–water partition coefficient (Wildman–Crippen LogP) is 2.23.